The molecule has 1 aromatic heterocycles. The Hall–Kier alpha value is -1.48. The van der Waals surface area contributed by atoms with Gasteiger partial charge in [0.15, 0.2) is 6.23 Å². The molecule has 1 aromatic rings. The standard InChI is InChI=1S/C16H26N2O6/c1-9(2)22-8-11-14(23-10(3)4)13(20)15(24-11)18-7-6-12(19)17(5)16(18)21/h6-7,9-11,13-15,20H,8H2,1-5H3/t11-,13+,14?,15-/m1/s1. The molecule has 1 aliphatic heterocycles. The highest BCUT2D eigenvalue weighted by molar-refractivity contribution is 4.95. The molecule has 0 saturated carbocycles. The van der Waals surface area contributed by atoms with Gasteiger partial charge in [0.1, 0.15) is 18.3 Å². The van der Waals surface area contributed by atoms with Gasteiger partial charge in [-0.05, 0) is 27.7 Å². The molecule has 1 saturated heterocycles. The fourth-order valence-corrected chi connectivity index (χ4v) is 2.63. The molecule has 136 valence electrons. The Morgan fingerprint density at radius 2 is 1.92 bits per heavy atom. The van der Waals surface area contributed by atoms with Crippen LogP contribution < -0.4 is 11.2 Å². The average Bonchev–Trinajstić information content (AvgIpc) is 2.79. The Balaban J connectivity index is 2.30. The second-order valence-corrected chi connectivity index (χ2v) is 6.49. The van der Waals surface area contributed by atoms with E-state index in [1.165, 1.54) is 23.9 Å². The third-order valence-electron chi connectivity index (χ3n) is 3.82. The Bertz CT molecular complexity index is 665. The van der Waals surface area contributed by atoms with Crippen molar-refractivity contribution in [2.24, 2.45) is 7.05 Å². The zero-order valence-electron chi connectivity index (χ0n) is 14.7. The van der Waals surface area contributed by atoms with Crippen molar-refractivity contribution >= 4 is 0 Å². The number of hydrogen-bond acceptors (Lipinski definition) is 6. The summed E-state index contributed by atoms with van der Waals surface area (Å²) in [5.74, 6) is 0. The Labute approximate surface area is 140 Å². The van der Waals surface area contributed by atoms with Crippen molar-refractivity contribution in [1.82, 2.24) is 9.13 Å². The minimum absolute atomic E-state index is 0.00441. The normalized spacial score (nSPS) is 27.3. The van der Waals surface area contributed by atoms with Gasteiger partial charge < -0.3 is 19.3 Å². The van der Waals surface area contributed by atoms with Crippen LogP contribution in [0, 0.1) is 0 Å². The SMILES string of the molecule is CC(C)OC[C@H]1O[C@@H](n2ccc(=O)n(C)c2=O)[C@@H](O)C1OC(C)C. The summed E-state index contributed by atoms with van der Waals surface area (Å²) >= 11 is 0. The van der Waals surface area contributed by atoms with Crippen molar-refractivity contribution in [2.45, 2.75) is 64.4 Å². The third-order valence-corrected chi connectivity index (χ3v) is 3.82. The lowest BCUT2D eigenvalue weighted by molar-refractivity contribution is -0.0980. The van der Waals surface area contributed by atoms with E-state index >= 15 is 0 Å². The minimum atomic E-state index is -1.05. The van der Waals surface area contributed by atoms with Gasteiger partial charge in [0, 0.05) is 19.3 Å². The van der Waals surface area contributed by atoms with Crippen LogP contribution >= 0.6 is 0 Å². The molecule has 0 radical (unpaired) electrons. The molecule has 1 unspecified atom stereocenters. The van der Waals surface area contributed by atoms with Crippen LogP contribution in [0.15, 0.2) is 21.9 Å². The van der Waals surface area contributed by atoms with Crippen LogP contribution in [-0.2, 0) is 21.3 Å². The van der Waals surface area contributed by atoms with Crippen LogP contribution in [0.25, 0.3) is 0 Å². The second-order valence-electron chi connectivity index (χ2n) is 6.49. The van der Waals surface area contributed by atoms with Crippen LogP contribution in [-0.4, -0.2) is 51.4 Å². The molecule has 0 bridgehead atoms. The van der Waals surface area contributed by atoms with Crippen LogP contribution in [0.2, 0.25) is 0 Å². The molecule has 1 fully saturated rings. The lowest BCUT2D eigenvalue weighted by Crippen LogP contribution is -2.42. The summed E-state index contributed by atoms with van der Waals surface area (Å²) in [7, 11) is 1.38. The van der Waals surface area contributed by atoms with Crippen molar-refractivity contribution in [2.75, 3.05) is 6.61 Å². The van der Waals surface area contributed by atoms with Crippen molar-refractivity contribution in [3.05, 3.63) is 33.1 Å². The molecule has 1 N–H and O–H groups in total. The van der Waals surface area contributed by atoms with Gasteiger partial charge in [-0.3, -0.25) is 13.9 Å². The van der Waals surface area contributed by atoms with Gasteiger partial charge >= 0.3 is 5.69 Å². The number of aromatic nitrogens is 2. The molecule has 8 heteroatoms. The molecular weight excluding hydrogens is 316 g/mol. The monoisotopic (exact) mass is 342 g/mol. The van der Waals surface area contributed by atoms with Crippen LogP contribution in [0.1, 0.15) is 33.9 Å². The highest BCUT2D eigenvalue weighted by Crippen LogP contribution is 2.31. The largest absolute Gasteiger partial charge is 0.386 e. The van der Waals surface area contributed by atoms with E-state index in [1.54, 1.807) is 0 Å². The average molecular weight is 342 g/mol. The predicted octanol–water partition coefficient (Wildman–Crippen LogP) is 0.0239. The van der Waals surface area contributed by atoms with E-state index in [2.05, 4.69) is 0 Å². The maximum absolute atomic E-state index is 12.3. The Morgan fingerprint density at radius 3 is 2.50 bits per heavy atom. The van der Waals surface area contributed by atoms with Gasteiger partial charge in [0.25, 0.3) is 5.56 Å². The molecule has 0 spiro atoms. The van der Waals surface area contributed by atoms with E-state index in [1.807, 2.05) is 27.7 Å². The minimum Gasteiger partial charge on any atom is -0.386 e. The first-order valence-electron chi connectivity index (χ1n) is 8.11. The maximum Gasteiger partial charge on any atom is 0.332 e. The highest BCUT2D eigenvalue weighted by Gasteiger charge is 2.46. The first-order valence-corrected chi connectivity index (χ1v) is 8.11. The van der Waals surface area contributed by atoms with Crippen LogP contribution in [0.5, 0.6) is 0 Å². The Kier molecular flexibility index (Phi) is 5.97. The van der Waals surface area contributed by atoms with Gasteiger partial charge in [-0.15, -0.1) is 0 Å². The van der Waals surface area contributed by atoms with Gasteiger partial charge in [-0.2, -0.15) is 0 Å². The zero-order chi connectivity index (χ0) is 18.0. The van der Waals surface area contributed by atoms with Crippen molar-refractivity contribution in [3.8, 4) is 0 Å². The topological polar surface area (TPSA) is 91.9 Å². The molecule has 2 rings (SSSR count). The fraction of sp³-hybridized carbons (Fsp3) is 0.750. The molecular formula is C16H26N2O6. The molecule has 0 aliphatic carbocycles. The van der Waals surface area contributed by atoms with E-state index in [4.69, 9.17) is 14.2 Å². The lowest BCUT2D eigenvalue weighted by Gasteiger charge is -2.23. The van der Waals surface area contributed by atoms with E-state index in [9.17, 15) is 14.7 Å². The third kappa shape index (κ3) is 3.94. The van der Waals surface area contributed by atoms with Gasteiger partial charge in [-0.1, -0.05) is 0 Å². The molecule has 1 aliphatic rings. The number of nitrogens with zero attached hydrogens (tertiary/aromatic N) is 2. The Morgan fingerprint density at radius 1 is 1.25 bits per heavy atom. The van der Waals surface area contributed by atoms with E-state index in [-0.39, 0.29) is 18.8 Å². The van der Waals surface area contributed by atoms with Crippen molar-refractivity contribution in [1.29, 1.82) is 0 Å². The van der Waals surface area contributed by atoms with Crippen LogP contribution in [0.4, 0.5) is 0 Å². The molecule has 0 aromatic carbocycles. The molecule has 2 heterocycles. The molecule has 4 atom stereocenters. The quantitative estimate of drug-likeness (QED) is 0.784. The predicted molar refractivity (Wildman–Crippen MR) is 87.0 cm³/mol. The molecule has 24 heavy (non-hydrogen) atoms. The number of aliphatic hydroxyl groups excluding tert-OH is 1. The number of hydrogen-bond donors (Lipinski definition) is 1. The van der Waals surface area contributed by atoms with E-state index in [0.29, 0.717) is 0 Å². The van der Waals surface area contributed by atoms with Gasteiger partial charge in [-0.25, -0.2) is 4.79 Å². The summed E-state index contributed by atoms with van der Waals surface area (Å²) in [5.41, 5.74) is -0.973. The van der Waals surface area contributed by atoms with Gasteiger partial charge in [0.05, 0.1) is 18.8 Å². The maximum atomic E-state index is 12.3. The number of ether oxygens (including phenoxy) is 3. The number of aliphatic hydroxyl groups is 1. The second kappa shape index (κ2) is 7.60. The van der Waals surface area contributed by atoms with E-state index in [0.717, 1.165) is 4.57 Å². The summed E-state index contributed by atoms with van der Waals surface area (Å²) in [5, 5.41) is 10.6. The summed E-state index contributed by atoms with van der Waals surface area (Å²) < 4.78 is 19.4. The summed E-state index contributed by atoms with van der Waals surface area (Å²) in [6.45, 7) is 7.76. The van der Waals surface area contributed by atoms with Crippen molar-refractivity contribution < 1.29 is 19.3 Å². The highest BCUT2D eigenvalue weighted by atomic mass is 16.6. The summed E-state index contributed by atoms with van der Waals surface area (Å²) in [4.78, 5) is 23.8. The number of rotatable bonds is 6. The fourth-order valence-electron chi connectivity index (χ4n) is 2.63. The molecule has 0 amide bonds. The molecule has 8 nitrogen and oxygen atoms in total. The van der Waals surface area contributed by atoms with E-state index < -0.39 is 35.8 Å². The van der Waals surface area contributed by atoms with Gasteiger partial charge in [0.2, 0.25) is 0 Å². The lowest BCUT2D eigenvalue weighted by atomic mass is 10.1. The first kappa shape index (κ1) is 18.9. The zero-order valence-corrected chi connectivity index (χ0v) is 14.7. The smallest absolute Gasteiger partial charge is 0.332 e. The first-order chi connectivity index (χ1) is 11.2. The summed E-state index contributed by atoms with van der Waals surface area (Å²) in [6, 6.07) is 1.26. The summed E-state index contributed by atoms with van der Waals surface area (Å²) in [6.07, 6.45) is -1.92. The van der Waals surface area contributed by atoms with Crippen LogP contribution in [0.3, 0.4) is 0 Å². The van der Waals surface area contributed by atoms with Crippen molar-refractivity contribution in [3.63, 3.8) is 0 Å².